The molecule has 1 aliphatic carbocycles. The first-order valence-corrected chi connectivity index (χ1v) is 12.5. The van der Waals surface area contributed by atoms with Crippen LogP contribution in [0.1, 0.15) is 48.4 Å². The van der Waals surface area contributed by atoms with Crippen molar-refractivity contribution in [3.63, 3.8) is 0 Å². The number of aliphatic carboxylic acids is 1. The third kappa shape index (κ3) is 6.80. The smallest absolute Gasteiger partial charge is 0.307 e. The van der Waals surface area contributed by atoms with E-state index in [0.29, 0.717) is 18.9 Å². The molecule has 5 nitrogen and oxygen atoms in total. The molecule has 0 aromatic heterocycles. The second kappa shape index (κ2) is 11.8. The average molecular weight is 471 g/mol. The molecule has 1 unspecified atom stereocenters. The van der Waals surface area contributed by atoms with Crippen LogP contribution in [0.2, 0.25) is 0 Å². The van der Waals surface area contributed by atoms with E-state index < -0.39 is 5.97 Å². The molecule has 1 saturated carbocycles. The summed E-state index contributed by atoms with van der Waals surface area (Å²) in [4.78, 5) is 24.2. The van der Waals surface area contributed by atoms with Gasteiger partial charge in [0.15, 0.2) is 0 Å². The normalized spacial score (nSPS) is 18.5. The third-order valence-corrected chi connectivity index (χ3v) is 7.08. The number of carbonyl (C=O) groups is 2. The Morgan fingerprint density at radius 2 is 1.57 bits per heavy atom. The van der Waals surface area contributed by atoms with Gasteiger partial charge >= 0.3 is 5.97 Å². The summed E-state index contributed by atoms with van der Waals surface area (Å²) < 4.78 is 0. The summed E-state index contributed by atoms with van der Waals surface area (Å²) in [6, 6.07) is 26.0. The van der Waals surface area contributed by atoms with Gasteiger partial charge in [0.25, 0.3) is 0 Å². The van der Waals surface area contributed by atoms with E-state index in [9.17, 15) is 9.59 Å². The van der Waals surface area contributed by atoms with Crippen LogP contribution in [-0.2, 0) is 22.4 Å². The van der Waals surface area contributed by atoms with Gasteiger partial charge in [-0.3, -0.25) is 9.59 Å². The molecule has 1 amide bonds. The molecule has 3 aromatic carbocycles. The summed E-state index contributed by atoms with van der Waals surface area (Å²) in [6.07, 6.45) is 4.56. The summed E-state index contributed by atoms with van der Waals surface area (Å²) in [7, 11) is 0. The Morgan fingerprint density at radius 1 is 0.857 bits per heavy atom. The van der Waals surface area contributed by atoms with Gasteiger partial charge in [-0.15, -0.1) is 0 Å². The predicted molar refractivity (Wildman–Crippen MR) is 139 cm³/mol. The molecule has 182 valence electrons. The monoisotopic (exact) mass is 470 g/mol. The van der Waals surface area contributed by atoms with Gasteiger partial charge in [0.2, 0.25) is 5.91 Å². The molecule has 0 heterocycles. The van der Waals surface area contributed by atoms with E-state index in [1.54, 1.807) is 0 Å². The third-order valence-electron chi connectivity index (χ3n) is 7.08. The van der Waals surface area contributed by atoms with Gasteiger partial charge < -0.3 is 16.2 Å². The summed E-state index contributed by atoms with van der Waals surface area (Å²) in [6.45, 7) is 0.703. The number of carboxylic acids is 1. The van der Waals surface area contributed by atoms with Gasteiger partial charge in [-0.05, 0) is 78.5 Å². The number of nitrogens with one attached hydrogen (secondary N) is 1. The van der Waals surface area contributed by atoms with Crippen LogP contribution in [0, 0.1) is 11.8 Å². The molecule has 1 fully saturated rings. The molecule has 3 aromatic rings. The van der Waals surface area contributed by atoms with Crippen LogP contribution < -0.4 is 11.1 Å². The molecule has 0 aliphatic heterocycles. The van der Waals surface area contributed by atoms with Crippen molar-refractivity contribution in [3.05, 3.63) is 95.6 Å². The minimum absolute atomic E-state index is 0.0126. The van der Waals surface area contributed by atoms with Gasteiger partial charge in [-0.25, -0.2) is 0 Å². The fraction of sp³-hybridized carbons (Fsp3) is 0.333. The summed E-state index contributed by atoms with van der Waals surface area (Å²) >= 11 is 0. The Morgan fingerprint density at radius 3 is 2.23 bits per heavy atom. The number of nitrogens with two attached hydrogens (primary N) is 1. The number of carboxylic acid groups (broad SMARTS) is 1. The van der Waals surface area contributed by atoms with E-state index >= 15 is 0 Å². The van der Waals surface area contributed by atoms with Gasteiger partial charge in [0, 0.05) is 5.92 Å². The summed E-state index contributed by atoms with van der Waals surface area (Å²) in [5.41, 5.74) is 10.9. The van der Waals surface area contributed by atoms with E-state index in [0.717, 1.165) is 47.9 Å². The first kappa shape index (κ1) is 24.7. The van der Waals surface area contributed by atoms with Crippen LogP contribution in [0.15, 0.2) is 78.9 Å². The lowest BCUT2D eigenvalue weighted by atomic mass is 9.81. The lowest BCUT2D eigenvalue weighted by molar-refractivity contribution is -0.136. The predicted octanol–water partition coefficient (Wildman–Crippen LogP) is 5.15. The van der Waals surface area contributed by atoms with Gasteiger partial charge in [-0.1, -0.05) is 72.8 Å². The van der Waals surface area contributed by atoms with Crippen LogP contribution in [0.25, 0.3) is 11.1 Å². The first-order chi connectivity index (χ1) is 17.0. The van der Waals surface area contributed by atoms with Crippen LogP contribution >= 0.6 is 0 Å². The van der Waals surface area contributed by atoms with Crippen molar-refractivity contribution >= 4 is 11.9 Å². The van der Waals surface area contributed by atoms with E-state index in [-0.39, 0.29) is 24.3 Å². The number of hydrogen-bond acceptors (Lipinski definition) is 3. The highest BCUT2D eigenvalue weighted by Crippen LogP contribution is 2.30. The van der Waals surface area contributed by atoms with E-state index in [4.69, 9.17) is 10.8 Å². The second-order valence-electron chi connectivity index (χ2n) is 9.60. The molecular weight excluding hydrogens is 436 g/mol. The van der Waals surface area contributed by atoms with Crippen molar-refractivity contribution in [2.45, 2.75) is 44.6 Å². The zero-order valence-electron chi connectivity index (χ0n) is 20.0. The van der Waals surface area contributed by atoms with Crippen molar-refractivity contribution in [1.29, 1.82) is 0 Å². The van der Waals surface area contributed by atoms with Crippen molar-refractivity contribution in [1.82, 2.24) is 5.32 Å². The van der Waals surface area contributed by atoms with E-state index in [1.165, 1.54) is 5.56 Å². The maximum atomic E-state index is 13.3. The van der Waals surface area contributed by atoms with E-state index in [2.05, 4.69) is 29.6 Å². The molecule has 0 bridgehead atoms. The Bertz CT molecular complexity index is 1120. The lowest BCUT2D eigenvalue weighted by Crippen LogP contribution is -2.37. The summed E-state index contributed by atoms with van der Waals surface area (Å²) in [5.74, 6) is -0.126. The van der Waals surface area contributed by atoms with Gasteiger partial charge in [0.05, 0.1) is 12.5 Å². The standard InChI is InChI=1S/C30H34N2O3/c31-20-23-11-15-25(16-12-23)30(35)32-28(17-21-5-2-1-3-6-21)27-8-4-7-26(19-27)24-13-9-22(10-14-24)18-29(33)34/h1-10,13-14,19,23,25,28H,11-12,15-18,20,31H2,(H,32,35)(H,33,34). The Kier molecular flexibility index (Phi) is 8.32. The minimum atomic E-state index is -0.837. The van der Waals surface area contributed by atoms with Crippen LogP contribution in [0.4, 0.5) is 0 Å². The number of amides is 1. The van der Waals surface area contributed by atoms with Crippen LogP contribution in [-0.4, -0.2) is 23.5 Å². The topological polar surface area (TPSA) is 92.4 Å². The Labute approximate surface area is 207 Å². The van der Waals surface area contributed by atoms with E-state index in [1.807, 2.05) is 54.6 Å². The highest BCUT2D eigenvalue weighted by atomic mass is 16.4. The Balaban J connectivity index is 1.55. The lowest BCUT2D eigenvalue weighted by Gasteiger charge is -2.29. The molecule has 0 saturated heterocycles. The highest BCUT2D eigenvalue weighted by Gasteiger charge is 2.27. The van der Waals surface area contributed by atoms with Gasteiger partial charge in [0.1, 0.15) is 0 Å². The first-order valence-electron chi connectivity index (χ1n) is 12.5. The molecule has 1 atom stereocenters. The SMILES string of the molecule is NCC1CCC(C(=O)NC(Cc2ccccc2)c2cccc(-c3ccc(CC(=O)O)cc3)c2)CC1. The molecule has 5 heteroatoms. The zero-order chi connectivity index (χ0) is 24.6. The maximum absolute atomic E-state index is 13.3. The maximum Gasteiger partial charge on any atom is 0.307 e. The molecule has 35 heavy (non-hydrogen) atoms. The quantitative estimate of drug-likeness (QED) is 0.403. The van der Waals surface area contributed by atoms with Crippen LogP contribution in [0.3, 0.4) is 0 Å². The average Bonchev–Trinajstić information content (AvgIpc) is 2.89. The molecule has 4 rings (SSSR count). The van der Waals surface area contributed by atoms with Crippen molar-refractivity contribution < 1.29 is 14.7 Å². The van der Waals surface area contributed by atoms with Crippen molar-refractivity contribution in [2.75, 3.05) is 6.54 Å². The number of hydrogen-bond donors (Lipinski definition) is 3. The number of benzene rings is 3. The molecule has 1 aliphatic rings. The second-order valence-corrected chi connectivity index (χ2v) is 9.60. The van der Waals surface area contributed by atoms with Gasteiger partial charge in [-0.2, -0.15) is 0 Å². The van der Waals surface area contributed by atoms with Crippen molar-refractivity contribution in [3.8, 4) is 11.1 Å². The molecule has 0 spiro atoms. The summed E-state index contributed by atoms with van der Waals surface area (Å²) in [5, 5.41) is 12.4. The fourth-order valence-corrected chi connectivity index (χ4v) is 4.98. The Hall–Kier alpha value is -3.44. The molecular formula is C30H34N2O3. The molecule has 0 radical (unpaired) electrons. The fourth-order valence-electron chi connectivity index (χ4n) is 4.98. The van der Waals surface area contributed by atoms with Crippen LogP contribution in [0.5, 0.6) is 0 Å². The zero-order valence-corrected chi connectivity index (χ0v) is 20.0. The molecule has 4 N–H and O–H groups in total. The highest BCUT2D eigenvalue weighted by molar-refractivity contribution is 5.79. The number of carbonyl (C=O) groups excluding carboxylic acids is 1. The number of rotatable bonds is 9. The minimum Gasteiger partial charge on any atom is -0.481 e. The van der Waals surface area contributed by atoms with Crippen molar-refractivity contribution in [2.24, 2.45) is 17.6 Å². The largest absolute Gasteiger partial charge is 0.481 e.